The number of rotatable bonds is 4. The Bertz CT molecular complexity index is 258. The molecule has 0 aromatic heterocycles. The normalized spacial score (nSPS) is 11.4. The van der Waals surface area contributed by atoms with Gasteiger partial charge in [-0.15, -0.1) is 0 Å². The van der Waals surface area contributed by atoms with E-state index in [-0.39, 0.29) is 12.5 Å². The highest BCUT2D eigenvalue weighted by Crippen LogP contribution is 2.01. The Morgan fingerprint density at radius 1 is 1.14 bits per heavy atom. The lowest BCUT2D eigenvalue weighted by molar-refractivity contribution is -0.139. The molecule has 0 amide bonds. The predicted octanol–water partition coefficient (Wildman–Crippen LogP) is 0.216. The largest absolute Gasteiger partial charge is 0.468 e. The molecule has 0 aromatic carbocycles. The van der Waals surface area contributed by atoms with E-state index < -0.39 is 5.97 Å². The van der Waals surface area contributed by atoms with E-state index in [1.807, 2.05) is 0 Å². The van der Waals surface area contributed by atoms with Crippen LogP contribution < -0.4 is 5.32 Å². The molecule has 0 radical (unpaired) electrons. The number of esters is 2. The summed E-state index contributed by atoms with van der Waals surface area (Å²) in [5.41, 5.74) is 1.04. The van der Waals surface area contributed by atoms with E-state index >= 15 is 0 Å². The Hall–Kier alpha value is -1.52. The number of allylic oxidation sites excluding steroid dienone is 1. The third kappa shape index (κ3) is 3.93. The van der Waals surface area contributed by atoms with Crippen molar-refractivity contribution in [3.05, 3.63) is 11.3 Å². The minimum absolute atomic E-state index is 0.0384. The lowest BCUT2D eigenvalue weighted by Gasteiger charge is -2.08. The van der Waals surface area contributed by atoms with E-state index in [0.717, 1.165) is 0 Å². The van der Waals surface area contributed by atoms with Gasteiger partial charge in [-0.3, -0.25) is 4.79 Å². The zero-order chi connectivity index (χ0) is 11.1. The number of nitrogens with one attached hydrogen (secondary N) is 1. The van der Waals surface area contributed by atoms with Gasteiger partial charge in [0.15, 0.2) is 0 Å². The van der Waals surface area contributed by atoms with Gasteiger partial charge in [-0.1, -0.05) is 0 Å². The summed E-state index contributed by atoms with van der Waals surface area (Å²) in [6, 6.07) is 0. The Kier molecular flexibility index (Phi) is 5.36. The van der Waals surface area contributed by atoms with E-state index in [1.54, 1.807) is 13.8 Å². The molecule has 0 aromatic rings. The van der Waals surface area contributed by atoms with Crippen LogP contribution in [0.2, 0.25) is 0 Å². The van der Waals surface area contributed by atoms with Gasteiger partial charge < -0.3 is 14.8 Å². The van der Waals surface area contributed by atoms with Crippen LogP contribution in [0, 0.1) is 0 Å². The van der Waals surface area contributed by atoms with Gasteiger partial charge in [0.1, 0.15) is 6.54 Å². The van der Waals surface area contributed by atoms with Crippen LogP contribution in [0.1, 0.15) is 13.8 Å². The molecule has 0 aliphatic heterocycles. The fraction of sp³-hybridized carbons (Fsp3) is 0.556. The van der Waals surface area contributed by atoms with Gasteiger partial charge in [-0.2, -0.15) is 0 Å². The van der Waals surface area contributed by atoms with E-state index in [9.17, 15) is 9.59 Å². The number of ether oxygens (including phenoxy) is 2. The molecular weight excluding hydrogens is 186 g/mol. The fourth-order valence-corrected chi connectivity index (χ4v) is 0.716. The van der Waals surface area contributed by atoms with Gasteiger partial charge >= 0.3 is 11.9 Å². The SMILES string of the molecule is COC(=O)CN/C(C)=C(/C)C(=O)OC. The van der Waals surface area contributed by atoms with Gasteiger partial charge in [0, 0.05) is 5.70 Å². The van der Waals surface area contributed by atoms with Crippen LogP contribution >= 0.6 is 0 Å². The van der Waals surface area contributed by atoms with E-state index in [1.165, 1.54) is 14.2 Å². The number of hydrogen-bond donors (Lipinski definition) is 1. The van der Waals surface area contributed by atoms with Crippen LogP contribution in [0.4, 0.5) is 0 Å². The molecule has 0 heterocycles. The summed E-state index contributed by atoms with van der Waals surface area (Å²) in [6.45, 7) is 3.34. The molecule has 5 nitrogen and oxygen atoms in total. The highest BCUT2D eigenvalue weighted by molar-refractivity contribution is 5.88. The molecule has 80 valence electrons. The minimum atomic E-state index is -0.417. The average molecular weight is 201 g/mol. The van der Waals surface area contributed by atoms with Gasteiger partial charge in [-0.25, -0.2) is 4.79 Å². The molecule has 5 heteroatoms. The van der Waals surface area contributed by atoms with Crippen molar-refractivity contribution in [2.24, 2.45) is 0 Å². The van der Waals surface area contributed by atoms with Crippen molar-refractivity contribution >= 4 is 11.9 Å². The highest BCUT2D eigenvalue weighted by atomic mass is 16.5. The Morgan fingerprint density at radius 3 is 2.14 bits per heavy atom. The molecule has 0 fully saturated rings. The number of carbonyl (C=O) groups excluding carboxylic acids is 2. The third-order valence-corrected chi connectivity index (χ3v) is 1.78. The maximum Gasteiger partial charge on any atom is 0.335 e. The first-order valence-corrected chi connectivity index (χ1v) is 4.09. The van der Waals surface area contributed by atoms with Crippen molar-refractivity contribution in [1.29, 1.82) is 0 Å². The standard InChI is InChI=1S/C9H15NO4/c1-6(9(12)14-4)7(2)10-5-8(11)13-3/h10H,5H2,1-4H3/b7-6-. The summed E-state index contributed by atoms with van der Waals surface area (Å²) >= 11 is 0. The molecule has 0 rings (SSSR count). The van der Waals surface area contributed by atoms with Crippen LogP contribution in [0.3, 0.4) is 0 Å². The van der Waals surface area contributed by atoms with E-state index in [2.05, 4.69) is 14.8 Å². The molecule has 0 saturated heterocycles. The lowest BCUT2D eigenvalue weighted by atomic mass is 10.2. The monoisotopic (exact) mass is 201 g/mol. The zero-order valence-corrected chi connectivity index (χ0v) is 8.84. The molecule has 0 atom stereocenters. The van der Waals surface area contributed by atoms with Crippen molar-refractivity contribution in [1.82, 2.24) is 5.32 Å². The summed E-state index contributed by atoms with van der Waals surface area (Å²) in [5.74, 6) is -0.804. The average Bonchev–Trinajstić information content (AvgIpc) is 2.22. The lowest BCUT2D eigenvalue weighted by Crippen LogP contribution is -2.24. The maximum absolute atomic E-state index is 11.0. The maximum atomic E-state index is 11.0. The number of hydrogen-bond acceptors (Lipinski definition) is 5. The first-order chi connectivity index (χ1) is 6.52. The molecule has 0 spiro atoms. The fourth-order valence-electron chi connectivity index (χ4n) is 0.716. The topological polar surface area (TPSA) is 64.6 Å². The summed E-state index contributed by atoms with van der Waals surface area (Å²) < 4.78 is 8.94. The molecular formula is C9H15NO4. The van der Waals surface area contributed by atoms with Crippen LogP contribution in [0.15, 0.2) is 11.3 Å². The number of carbonyl (C=O) groups is 2. The summed E-state index contributed by atoms with van der Waals surface area (Å²) in [4.78, 5) is 21.8. The number of methoxy groups -OCH3 is 2. The van der Waals surface area contributed by atoms with Gasteiger partial charge in [0.05, 0.1) is 19.8 Å². The van der Waals surface area contributed by atoms with Crippen molar-refractivity contribution in [2.45, 2.75) is 13.8 Å². The predicted molar refractivity (Wildman–Crippen MR) is 50.4 cm³/mol. The molecule has 0 unspecified atom stereocenters. The summed E-state index contributed by atoms with van der Waals surface area (Å²) in [6.07, 6.45) is 0. The Balaban J connectivity index is 4.23. The third-order valence-electron chi connectivity index (χ3n) is 1.78. The van der Waals surface area contributed by atoms with Crippen LogP contribution in [-0.4, -0.2) is 32.7 Å². The second-order valence-electron chi connectivity index (χ2n) is 2.67. The van der Waals surface area contributed by atoms with Crippen molar-refractivity contribution in [2.75, 3.05) is 20.8 Å². The molecule has 0 saturated carbocycles. The smallest absolute Gasteiger partial charge is 0.335 e. The highest BCUT2D eigenvalue weighted by Gasteiger charge is 2.08. The summed E-state index contributed by atoms with van der Waals surface area (Å²) in [7, 11) is 2.61. The Morgan fingerprint density at radius 2 is 1.71 bits per heavy atom. The second kappa shape index (κ2) is 6.01. The van der Waals surface area contributed by atoms with Crippen molar-refractivity contribution in [3.8, 4) is 0 Å². The van der Waals surface area contributed by atoms with Crippen molar-refractivity contribution in [3.63, 3.8) is 0 Å². The van der Waals surface area contributed by atoms with Crippen LogP contribution in [0.25, 0.3) is 0 Å². The van der Waals surface area contributed by atoms with Crippen molar-refractivity contribution < 1.29 is 19.1 Å². The quantitative estimate of drug-likeness (QED) is 0.520. The van der Waals surface area contributed by atoms with E-state index in [0.29, 0.717) is 11.3 Å². The zero-order valence-electron chi connectivity index (χ0n) is 8.84. The molecule has 0 bridgehead atoms. The minimum Gasteiger partial charge on any atom is -0.468 e. The van der Waals surface area contributed by atoms with Gasteiger partial charge in [-0.05, 0) is 13.8 Å². The molecule has 0 aliphatic rings. The summed E-state index contributed by atoms with van der Waals surface area (Å²) in [5, 5.41) is 2.75. The van der Waals surface area contributed by atoms with Gasteiger partial charge in [0.25, 0.3) is 0 Å². The van der Waals surface area contributed by atoms with Gasteiger partial charge in [0.2, 0.25) is 0 Å². The Labute approximate surface area is 83.1 Å². The van der Waals surface area contributed by atoms with E-state index in [4.69, 9.17) is 0 Å². The van der Waals surface area contributed by atoms with Crippen LogP contribution in [0.5, 0.6) is 0 Å². The van der Waals surface area contributed by atoms with Crippen LogP contribution in [-0.2, 0) is 19.1 Å². The second-order valence-corrected chi connectivity index (χ2v) is 2.67. The first-order valence-electron chi connectivity index (χ1n) is 4.09. The first kappa shape index (κ1) is 12.5. The molecule has 14 heavy (non-hydrogen) atoms. The molecule has 0 aliphatic carbocycles. The molecule has 1 N–H and O–H groups in total.